The van der Waals surface area contributed by atoms with E-state index in [-0.39, 0.29) is 5.37 Å². The van der Waals surface area contributed by atoms with E-state index in [0.29, 0.717) is 5.75 Å². The van der Waals surface area contributed by atoms with Crippen molar-refractivity contribution in [2.45, 2.75) is 11.8 Å². The Morgan fingerprint density at radius 2 is 2.11 bits per heavy atom. The molecule has 0 radical (unpaired) electrons. The normalized spacial score (nSPS) is 22.0. The first-order valence-electron chi connectivity index (χ1n) is 6.77. The average molecular weight is 310 g/mol. The van der Waals surface area contributed by atoms with Crippen LogP contribution in [-0.2, 0) is 9.84 Å². The zero-order chi connectivity index (χ0) is 14.3. The van der Waals surface area contributed by atoms with Crippen LogP contribution in [0.15, 0.2) is 0 Å². The zero-order valence-corrected chi connectivity index (χ0v) is 13.9. The molecule has 114 valence electrons. The maximum absolute atomic E-state index is 11.7. The maximum Gasteiger partial charge on any atom is 0.164 e. The van der Waals surface area contributed by atoms with E-state index < -0.39 is 9.84 Å². The predicted octanol–water partition coefficient (Wildman–Crippen LogP) is -0.0528. The largest absolute Gasteiger partial charge is 0.315 e. The standard InChI is InChI=1S/C12H27N3O2S2/c1-14(2)7-4-5-13-6-8-15-9-10-18-11-12(15)19(3,16)17/h12-13H,4-11H2,1-3H3. The topological polar surface area (TPSA) is 52.6 Å². The summed E-state index contributed by atoms with van der Waals surface area (Å²) in [7, 11) is 1.18. The lowest BCUT2D eigenvalue weighted by Gasteiger charge is -2.33. The van der Waals surface area contributed by atoms with Gasteiger partial charge in [-0.1, -0.05) is 0 Å². The summed E-state index contributed by atoms with van der Waals surface area (Å²) in [4.78, 5) is 4.27. The number of nitrogens with one attached hydrogen (secondary N) is 1. The van der Waals surface area contributed by atoms with Gasteiger partial charge in [-0.15, -0.1) is 0 Å². The summed E-state index contributed by atoms with van der Waals surface area (Å²) in [6.07, 6.45) is 2.47. The van der Waals surface area contributed by atoms with Gasteiger partial charge in [0.2, 0.25) is 0 Å². The summed E-state index contributed by atoms with van der Waals surface area (Å²) in [5.41, 5.74) is 0. The third-order valence-electron chi connectivity index (χ3n) is 3.22. The molecule has 1 fully saturated rings. The van der Waals surface area contributed by atoms with Crippen molar-refractivity contribution in [3.63, 3.8) is 0 Å². The monoisotopic (exact) mass is 309 g/mol. The van der Waals surface area contributed by atoms with E-state index in [9.17, 15) is 8.42 Å². The van der Waals surface area contributed by atoms with Crippen LogP contribution in [0, 0.1) is 0 Å². The van der Waals surface area contributed by atoms with Crippen LogP contribution in [0.5, 0.6) is 0 Å². The highest BCUT2D eigenvalue weighted by atomic mass is 32.2. The fourth-order valence-electron chi connectivity index (χ4n) is 2.13. The van der Waals surface area contributed by atoms with Gasteiger partial charge in [0, 0.05) is 37.4 Å². The summed E-state index contributed by atoms with van der Waals surface area (Å²) < 4.78 is 23.5. The van der Waals surface area contributed by atoms with Crippen LogP contribution in [0.4, 0.5) is 0 Å². The molecule has 0 saturated carbocycles. The molecular weight excluding hydrogens is 282 g/mol. The van der Waals surface area contributed by atoms with Crippen molar-refractivity contribution in [2.24, 2.45) is 0 Å². The molecule has 5 nitrogen and oxygen atoms in total. The van der Waals surface area contributed by atoms with Gasteiger partial charge in [0.1, 0.15) is 5.37 Å². The van der Waals surface area contributed by atoms with Gasteiger partial charge in [0.25, 0.3) is 0 Å². The van der Waals surface area contributed by atoms with Gasteiger partial charge in [-0.3, -0.25) is 4.90 Å². The van der Waals surface area contributed by atoms with Crippen LogP contribution in [0.2, 0.25) is 0 Å². The summed E-state index contributed by atoms with van der Waals surface area (Å²) >= 11 is 1.74. The Labute approximate surface area is 122 Å². The van der Waals surface area contributed by atoms with Crippen LogP contribution in [0.3, 0.4) is 0 Å². The molecule has 0 bridgehead atoms. The molecule has 0 aromatic rings. The molecule has 0 spiro atoms. The Bertz CT molecular complexity index is 347. The molecule has 1 atom stereocenters. The smallest absolute Gasteiger partial charge is 0.164 e. The van der Waals surface area contributed by atoms with Crippen LogP contribution in [-0.4, -0.2) is 88.2 Å². The van der Waals surface area contributed by atoms with E-state index in [4.69, 9.17) is 0 Å². The SMILES string of the molecule is CN(C)CCCNCCN1CCSCC1S(C)(=O)=O. The molecule has 1 saturated heterocycles. The minimum absolute atomic E-state index is 0.296. The summed E-state index contributed by atoms with van der Waals surface area (Å²) in [5, 5.41) is 3.09. The summed E-state index contributed by atoms with van der Waals surface area (Å²) in [6, 6.07) is 0. The number of hydrogen-bond acceptors (Lipinski definition) is 6. The van der Waals surface area contributed by atoms with Crippen LogP contribution in [0.25, 0.3) is 0 Å². The Hall–Kier alpha value is 0.180. The first-order chi connectivity index (χ1) is 8.91. The van der Waals surface area contributed by atoms with Crippen molar-refractivity contribution in [2.75, 3.05) is 64.6 Å². The molecule has 19 heavy (non-hydrogen) atoms. The molecule has 1 unspecified atom stereocenters. The van der Waals surface area contributed by atoms with E-state index in [0.717, 1.165) is 44.9 Å². The average Bonchev–Trinajstić information content (AvgIpc) is 2.32. The number of rotatable bonds is 8. The van der Waals surface area contributed by atoms with E-state index in [1.54, 1.807) is 11.8 Å². The van der Waals surface area contributed by atoms with Crippen LogP contribution < -0.4 is 5.32 Å². The molecule has 1 rings (SSSR count). The second kappa shape index (κ2) is 8.46. The van der Waals surface area contributed by atoms with Crippen molar-refractivity contribution in [1.29, 1.82) is 0 Å². The first-order valence-corrected chi connectivity index (χ1v) is 9.88. The minimum atomic E-state index is -2.96. The van der Waals surface area contributed by atoms with Crippen molar-refractivity contribution in [3.05, 3.63) is 0 Å². The first kappa shape index (κ1) is 17.2. The van der Waals surface area contributed by atoms with Crippen molar-refractivity contribution in [1.82, 2.24) is 15.1 Å². The van der Waals surface area contributed by atoms with Gasteiger partial charge in [0.05, 0.1) is 0 Å². The van der Waals surface area contributed by atoms with Gasteiger partial charge < -0.3 is 10.2 Å². The zero-order valence-electron chi connectivity index (χ0n) is 12.3. The van der Waals surface area contributed by atoms with Gasteiger partial charge in [0.15, 0.2) is 9.84 Å². The Kier molecular flexibility index (Phi) is 7.68. The highest BCUT2D eigenvalue weighted by molar-refractivity contribution is 8.00. The minimum Gasteiger partial charge on any atom is -0.315 e. The molecule has 1 N–H and O–H groups in total. The van der Waals surface area contributed by atoms with E-state index in [1.807, 2.05) is 0 Å². The number of sulfone groups is 1. The van der Waals surface area contributed by atoms with E-state index >= 15 is 0 Å². The fourth-order valence-corrected chi connectivity index (χ4v) is 5.11. The number of hydrogen-bond donors (Lipinski definition) is 1. The molecule has 0 aromatic heterocycles. The van der Waals surface area contributed by atoms with Gasteiger partial charge in [-0.25, -0.2) is 8.42 Å². The molecule has 1 heterocycles. The molecular formula is C12H27N3O2S2. The van der Waals surface area contributed by atoms with Gasteiger partial charge in [-0.05, 0) is 33.6 Å². The fraction of sp³-hybridized carbons (Fsp3) is 1.00. The van der Waals surface area contributed by atoms with Gasteiger partial charge in [-0.2, -0.15) is 11.8 Å². The number of thioether (sulfide) groups is 1. The molecule has 0 aromatic carbocycles. The lowest BCUT2D eigenvalue weighted by Crippen LogP contribution is -2.49. The molecule has 1 aliphatic heterocycles. The van der Waals surface area contributed by atoms with Crippen LogP contribution in [0.1, 0.15) is 6.42 Å². The lowest BCUT2D eigenvalue weighted by atomic mass is 10.4. The Morgan fingerprint density at radius 3 is 2.74 bits per heavy atom. The highest BCUT2D eigenvalue weighted by Crippen LogP contribution is 2.19. The van der Waals surface area contributed by atoms with Crippen molar-refractivity contribution < 1.29 is 8.42 Å². The van der Waals surface area contributed by atoms with E-state index in [2.05, 4.69) is 29.2 Å². The highest BCUT2D eigenvalue weighted by Gasteiger charge is 2.30. The van der Waals surface area contributed by atoms with Gasteiger partial charge >= 0.3 is 0 Å². The lowest BCUT2D eigenvalue weighted by molar-refractivity contribution is 0.269. The van der Waals surface area contributed by atoms with Crippen molar-refractivity contribution >= 4 is 21.6 Å². The summed E-state index contributed by atoms with van der Waals surface area (Å²) in [6.45, 7) is 4.63. The Morgan fingerprint density at radius 1 is 1.37 bits per heavy atom. The molecule has 7 heteroatoms. The molecule has 0 amide bonds. The molecule has 0 aliphatic carbocycles. The van der Waals surface area contributed by atoms with Crippen LogP contribution >= 0.6 is 11.8 Å². The number of nitrogens with zero attached hydrogens (tertiary/aromatic N) is 2. The second-order valence-electron chi connectivity index (χ2n) is 5.30. The summed E-state index contributed by atoms with van der Waals surface area (Å²) in [5.74, 6) is 1.74. The third-order valence-corrected chi connectivity index (χ3v) is 5.91. The van der Waals surface area contributed by atoms with E-state index in [1.165, 1.54) is 6.26 Å². The third kappa shape index (κ3) is 6.94. The Balaban J connectivity index is 2.23. The predicted molar refractivity (Wildman–Crippen MR) is 83.6 cm³/mol. The second-order valence-corrected chi connectivity index (χ2v) is 8.65. The quantitative estimate of drug-likeness (QED) is 0.635. The molecule has 1 aliphatic rings. The maximum atomic E-state index is 11.7. The van der Waals surface area contributed by atoms with Crippen molar-refractivity contribution in [3.8, 4) is 0 Å².